The summed E-state index contributed by atoms with van der Waals surface area (Å²) in [4.78, 5) is 60.1. The van der Waals surface area contributed by atoms with Gasteiger partial charge in [0.05, 0.1) is 22.8 Å². The van der Waals surface area contributed by atoms with Crippen LogP contribution in [0.5, 0.6) is 0 Å². The van der Waals surface area contributed by atoms with E-state index in [1.54, 1.807) is 51.4 Å². The molecule has 1 unspecified atom stereocenters. The van der Waals surface area contributed by atoms with Gasteiger partial charge >= 0.3 is 6.09 Å². The normalized spacial score (nSPS) is 16.9. The molecule has 12 nitrogen and oxygen atoms in total. The summed E-state index contributed by atoms with van der Waals surface area (Å²) in [5.74, 6) is -0.842. The van der Waals surface area contributed by atoms with E-state index in [-0.39, 0.29) is 48.1 Å². The molecule has 56 heavy (non-hydrogen) atoms. The third-order valence-electron chi connectivity index (χ3n) is 10.0. The second kappa shape index (κ2) is 15.8. The molecule has 3 amide bonds. The molecule has 2 fully saturated rings. The molecule has 0 spiro atoms. The number of rotatable bonds is 10. The highest BCUT2D eigenvalue weighted by Gasteiger charge is 2.29. The fourth-order valence-electron chi connectivity index (χ4n) is 7.13. The van der Waals surface area contributed by atoms with Gasteiger partial charge in [-0.25, -0.2) is 14.8 Å². The number of carbonyl (C=O) groups excluding carboxylic acids is 3. The molecule has 2 aliphatic heterocycles. The Morgan fingerprint density at radius 1 is 1.02 bits per heavy atom. The van der Waals surface area contributed by atoms with Crippen LogP contribution < -0.4 is 21.5 Å². The van der Waals surface area contributed by atoms with Crippen LogP contribution in [-0.4, -0.2) is 68.0 Å². The number of hydrogen-bond donors (Lipinski definition) is 3. The van der Waals surface area contributed by atoms with Gasteiger partial charge in [-0.3, -0.25) is 18.8 Å². The highest BCUT2D eigenvalue weighted by Crippen LogP contribution is 2.40. The highest BCUT2D eigenvalue weighted by atomic mass is 35.5. The third-order valence-corrected chi connectivity index (χ3v) is 10.4. The number of ether oxygens (including phenoxy) is 1. The van der Waals surface area contributed by atoms with E-state index in [4.69, 9.17) is 16.3 Å². The van der Waals surface area contributed by atoms with Crippen molar-refractivity contribution in [1.29, 1.82) is 0 Å². The Balaban J connectivity index is 1.13. The van der Waals surface area contributed by atoms with E-state index in [0.29, 0.717) is 59.8 Å². The molecule has 2 aliphatic rings. The maximum absolute atomic E-state index is 15.8. The Morgan fingerprint density at radius 3 is 2.46 bits per heavy atom. The molecule has 2 saturated heterocycles. The summed E-state index contributed by atoms with van der Waals surface area (Å²) in [7, 11) is 0. The number of halogens is 2. The molecule has 3 aromatic heterocycles. The fraction of sp³-hybridized carbons (Fsp3) is 0.333. The number of nitrogens with zero attached hydrogens (tertiary/aromatic N) is 4. The first kappa shape index (κ1) is 38.6. The summed E-state index contributed by atoms with van der Waals surface area (Å²) in [5.41, 5.74) is 5.43. The number of amides is 3. The molecule has 290 valence electrons. The number of hydrogen-bond acceptors (Lipinski definition) is 8. The van der Waals surface area contributed by atoms with Gasteiger partial charge in [0.2, 0.25) is 17.8 Å². The van der Waals surface area contributed by atoms with Crippen LogP contribution in [0.15, 0.2) is 77.9 Å². The van der Waals surface area contributed by atoms with Crippen molar-refractivity contribution < 1.29 is 23.5 Å². The Kier molecular flexibility index (Phi) is 10.9. The predicted molar refractivity (Wildman–Crippen MR) is 211 cm³/mol. The average Bonchev–Trinajstić information content (AvgIpc) is 3.77. The Labute approximate surface area is 328 Å². The molecule has 14 heteroatoms. The number of nitrogens with one attached hydrogen (secondary N) is 3. The number of pyridine rings is 2. The van der Waals surface area contributed by atoms with Gasteiger partial charge in [0, 0.05) is 73.6 Å². The smallest absolute Gasteiger partial charge is 0.410 e. The molecule has 0 aliphatic carbocycles. The first-order valence-corrected chi connectivity index (χ1v) is 18.9. The second-order valence-corrected chi connectivity index (χ2v) is 15.7. The molecule has 2 aromatic carbocycles. The Morgan fingerprint density at radius 2 is 1.77 bits per heavy atom. The van der Waals surface area contributed by atoms with E-state index < -0.39 is 17.6 Å². The van der Waals surface area contributed by atoms with Crippen LogP contribution in [0.2, 0.25) is 5.02 Å². The molecule has 0 bridgehead atoms. The molecule has 0 saturated carbocycles. The van der Waals surface area contributed by atoms with E-state index in [1.807, 2.05) is 49.4 Å². The highest BCUT2D eigenvalue weighted by molar-refractivity contribution is 6.36. The lowest BCUT2D eigenvalue weighted by Gasteiger charge is -2.29. The molecule has 3 N–H and O–H groups in total. The van der Waals surface area contributed by atoms with Crippen LogP contribution in [0.25, 0.3) is 39.2 Å². The molecule has 5 heterocycles. The van der Waals surface area contributed by atoms with Gasteiger partial charge in [0.1, 0.15) is 11.2 Å². The van der Waals surface area contributed by atoms with Gasteiger partial charge in [-0.1, -0.05) is 54.1 Å². The largest absolute Gasteiger partial charge is 0.444 e. The van der Waals surface area contributed by atoms with Crippen molar-refractivity contribution in [3.63, 3.8) is 0 Å². The lowest BCUT2D eigenvalue weighted by molar-refractivity contribution is -0.120. The quantitative estimate of drug-likeness (QED) is 0.142. The summed E-state index contributed by atoms with van der Waals surface area (Å²) < 4.78 is 22.9. The first-order chi connectivity index (χ1) is 26.7. The zero-order chi connectivity index (χ0) is 39.7. The van der Waals surface area contributed by atoms with Gasteiger partial charge in [0.25, 0.3) is 5.56 Å². The van der Waals surface area contributed by atoms with Crippen LogP contribution in [0.4, 0.5) is 9.18 Å². The maximum atomic E-state index is 15.8. The standard InChI is InChI=1S/C42H43ClFN7O5/c1-24-30(25-15-16-51-35(17-25)46-20-27(40(51)54)19-45-29-18-37(53)47-21-29)7-5-8-31(24)32-9-6-10-33(38(32)43)34-13-11-26(39(44)49-34)22-50(41(55)56-42(2,3)4)23-28-12-14-36(52)48-28/h5-11,13,15-17,20,28-29,45H,12,14,18-19,21-23H2,1-4H3,(H,47,53)(H,48,52)/t28-,29?/m0/s1. The van der Waals surface area contributed by atoms with Crippen LogP contribution in [0.1, 0.15) is 56.7 Å². The van der Waals surface area contributed by atoms with Crippen molar-refractivity contribution in [2.75, 3.05) is 13.1 Å². The van der Waals surface area contributed by atoms with E-state index in [9.17, 15) is 19.2 Å². The summed E-state index contributed by atoms with van der Waals surface area (Å²) >= 11 is 7.08. The number of aromatic nitrogens is 3. The van der Waals surface area contributed by atoms with Crippen LogP contribution in [0.3, 0.4) is 0 Å². The maximum Gasteiger partial charge on any atom is 0.410 e. The van der Waals surface area contributed by atoms with Gasteiger partial charge in [-0.05, 0) is 74.6 Å². The summed E-state index contributed by atoms with van der Waals surface area (Å²) in [6.45, 7) is 8.18. The van der Waals surface area contributed by atoms with Crippen molar-refractivity contribution in [2.45, 2.75) is 77.7 Å². The molecule has 7 rings (SSSR count). The van der Waals surface area contributed by atoms with Crippen molar-refractivity contribution in [2.24, 2.45) is 0 Å². The summed E-state index contributed by atoms with van der Waals surface area (Å²) in [6, 6.07) is 18.1. The van der Waals surface area contributed by atoms with E-state index >= 15 is 4.39 Å². The molecule has 2 atom stereocenters. The van der Waals surface area contributed by atoms with Gasteiger partial charge in [-0.2, -0.15) is 4.39 Å². The van der Waals surface area contributed by atoms with Crippen LogP contribution in [0, 0.1) is 12.9 Å². The van der Waals surface area contributed by atoms with E-state index in [1.165, 1.54) is 9.30 Å². The van der Waals surface area contributed by atoms with E-state index in [0.717, 1.165) is 27.8 Å². The van der Waals surface area contributed by atoms with Crippen molar-refractivity contribution >= 4 is 35.2 Å². The van der Waals surface area contributed by atoms with Crippen molar-refractivity contribution in [3.8, 4) is 33.5 Å². The molecular formula is C42H43ClFN7O5. The summed E-state index contributed by atoms with van der Waals surface area (Å²) in [5, 5.41) is 9.29. The van der Waals surface area contributed by atoms with E-state index in [2.05, 4.69) is 25.9 Å². The second-order valence-electron chi connectivity index (χ2n) is 15.3. The minimum absolute atomic E-state index is 0.00801. The number of fused-ring (bicyclic) bond motifs is 1. The zero-order valence-electron chi connectivity index (χ0n) is 31.6. The molecule has 0 radical (unpaired) electrons. The Bertz CT molecular complexity index is 2410. The van der Waals surface area contributed by atoms with Crippen LogP contribution in [-0.2, 0) is 27.4 Å². The SMILES string of the molecule is Cc1c(-c2ccn3c(=O)c(CNC4CNC(=O)C4)cnc3c2)cccc1-c1cccc(-c2ccc(CN(C[C@@H]3CCC(=O)N3)C(=O)OC(C)(C)C)c(F)n2)c1Cl. The topological polar surface area (TPSA) is 147 Å². The van der Waals surface area contributed by atoms with Crippen LogP contribution >= 0.6 is 11.6 Å². The minimum atomic E-state index is -0.761. The zero-order valence-corrected chi connectivity index (χ0v) is 32.4. The third kappa shape index (κ3) is 8.43. The van der Waals surface area contributed by atoms with Gasteiger partial charge in [0.15, 0.2) is 0 Å². The average molecular weight is 780 g/mol. The first-order valence-electron chi connectivity index (χ1n) is 18.6. The molecular weight excluding hydrogens is 737 g/mol. The predicted octanol–water partition coefficient (Wildman–Crippen LogP) is 6.19. The summed E-state index contributed by atoms with van der Waals surface area (Å²) in [6.07, 6.45) is 4.00. The van der Waals surface area contributed by atoms with Gasteiger partial charge < -0.3 is 25.6 Å². The minimum Gasteiger partial charge on any atom is -0.444 e. The fourth-order valence-corrected chi connectivity index (χ4v) is 7.46. The monoisotopic (exact) mass is 779 g/mol. The number of benzene rings is 2. The van der Waals surface area contributed by atoms with Gasteiger partial charge in [-0.15, -0.1) is 0 Å². The lowest BCUT2D eigenvalue weighted by Crippen LogP contribution is -2.43. The van der Waals surface area contributed by atoms with Crippen molar-refractivity contribution in [1.82, 2.24) is 35.2 Å². The van der Waals surface area contributed by atoms with Crippen molar-refractivity contribution in [3.05, 3.63) is 111 Å². The Hall–Kier alpha value is -5.66. The number of carbonyl (C=O) groups is 3. The lowest BCUT2D eigenvalue weighted by atomic mass is 9.92. The molecule has 5 aromatic rings.